The largest absolute Gasteiger partial charge is 0.332 e. The fraction of sp³-hybridized carbons (Fsp3) is 0.222. The minimum absolute atomic E-state index is 0.203. The summed E-state index contributed by atoms with van der Waals surface area (Å²) in [5.41, 5.74) is 4.01. The van der Waals surface area contributed by atoms with Gasteiger partial charge in [-0.2, -0.15) is 4.98 Å². The number of benzene rings is 2. The van der Waals surface area contributed by atoms with Gasteiger partial charge in [0.25, 0.3) is 5.89 Å². The topological polar surface area (TPSA) is 85.8 Å². The Labute approximate surface area is 207 Å². The summed E-state index contributed by atoms with van der Waals surface area (Å²) in [6, 6.07) is 18.2. The van der Waals surface area contributed by atoms with E-state index in [9.17, 15) is 4.39 Å². The Balaban J connectivity index is 1.33. The molecule has 0 bridgehead atoms. The number of nitrogens with zero attached hydrogens (tertiary/aromatic N) is 7. The molecule has 0 aliphatic carbocycles. The van der Waals surface area contributed by atoms with Crippen molar-refractivity contribution in [3.05, 3.63) is 84.4 Å². The Morgan fingerprint density at radius 2 is 1.81 bits per heavy atom. The van der Waals surface area contributed by atoms with Crippen LogP contribution < -0.4 is 0 Å². The Hall–Kier alpha value is -4.24. The number of hydrogen-bond donors (Lipinski definition) is 0. The van der Waals surface area contributed by atoms with Gasteiger partial charge in [-0.15, -0.1) is 5.10 Å². The second-order valence-electron chi connectivity index (χ2n) is 9.13. The minimum atomic E-state index is -0.418. The first-order valence-electron chi connectivity index (χ1n) is 11.9. The minimum Gasteiger partial charge on any atom is -0.332 e. The van der Waals surface area contributed by atoms with Gasteiger partial charge >= 0.3 is 0 Å². The predicted molar refractivity (Wildman–Crippen MR) is 132 cm³/mol. The highest BCUT2D eigenvalue weighted by molar-refractivity contribution is 5.76. The quantitative estimate of drug-likeness (QED) is 0.336. The Morgan fingerprint density at radius 1 is 1.00 bits per heavy atom. The molecule has 1 fully saturated rings. The van der Waals surface area contributed by atoms with Gasteiger partial charge < -0.3 is 4.52 Å². The van der Waals surface area contributed by atoms with E-state index in [1.807, 2.05) is 12.1 Å². The zero-order valence-electron chi connectivity index (χ0n) is 19.8. The molecular weight excluding hydrogens is 457 g/mol. The standard InChI is InChI=1S/C27H24FN7O/c1-18-12-15-34(16-18)17-19-6-8-21(9-7-19)26-30-27(36-32-26)24-25(20-10-13-29-14-11-20)35(33-31-24)23-5-3-2-4-22(23)28/h2-11,13-14,18H,12,15-17H2,1H3. The maximum atomic E-state index is 14.6. The van der Waals surface area contributed by atoms with Crippen LogP contribution in [-0.2, 0) is 6.54 Å². The van der Waals surface area contributed by atoms with E-state index < -0.39 is 5.82 Å². The van der Waals surface area contributed by atoms with Gasteiger partial charge in [-0.05, 0) is 48.7 Å². The number of likely N-dealkylation sites (tertiary alicyclic amines) is 1. The van der Waals surface area contributed by atoms with Crippen LogP contribution in [0.5, 0.6) is 0 Å². The number of hydrogen-bond acceptors (Lipinski definition) is 7. The van der Waals surface area contributed by atoms with Crippen molar-refractivity contribution in [2.45, 2.75) is 19.9 Å². The maximum absolute atomic E-state index is 14.6. The summed E-state index contributed by atoms with van der Waals surface area (Å²) in [6.45, 7) is 5.52. The molecule has 1 aliphatic heterocycles. The Morgan fingerprint density at radius 3 is 2.56 bits per heavy atom. The monoisotopic (exact) mass is 481 g/mol. The average molecular weight is 482 g/mol. The van der Waals surface area contributed by atoms with Gasteiger partial charge in [0.2, 0.25) is 5.82 Å². The first-order valence-corrected chi connectivity index (χ1v) is 11.9. The smallest absolute Gasteiger partial charge is 0.281 e. The van der Waals surface area contributed by atoms with E-state index in [0.29, 0.717) is 17.2 Å². The van der Waals surface area contributed by atoms with Crippen LogP contribution in [0.2, 0.25) is 0 Å². The molecule has 180 valence electrons. The third-order valence-electron chi connectivity index (χ3n) is 6.46. The van der Waals surface area contributed by atoms with Crippen LogP contribution in [0.1, 0.15) is 18.9 Å². The van der Waals surface area contributed by atoms with E-state index in [-0.39, 0.29) is 11.6 Å². The van der Waals surface area contributed by atoms with E-state index in [0.717, 1.165) is 36.7 Å². The van der Waals surface area contributed by atoms with Crippen molar-refractivity contribution in [3.8, 4) is 39.9 Å². The highest BCUT2D eigenvalue weighted by Crippen LogP contribution is 2.32. The van der Waals surface area contributed by atoms with E-state index in [1.54, 1.807) is 42.7 Å². The third-order valence-corrected chi connectivity index (χ3v) is 6.46. The lowest BCUT2D eigenvalue weighted by Gasteiger charge is -2.15. The lowest BCUT2D eigenvalue weighted by molar-refractivity contribution is 0.320. The molecule has 0 spiro atoms. The lowest BCUT2D eigenvalue weighted by atomic mass is 10.1. The van der Waals surface area contributed by atoms with E-state index in [2.05, 4.69) is 49.4 Å². The molecule has 0 saturated carbocycles. The first kappa shape index (κ1) is 22.2. The van der Waals surface area contributed by atoms with E-state index in [1.165, 1.54) is 22.7 Å². The average Bonchev–Trinajstić information content (AvgIpc) is 3.65. The summed E-state index contributed by atoms with van der Waals surface area (Å²) in [5.74, 6) is 0.997. The van der Waals surface area contributed by atoms with Crippen LogP contribution >= 0.6 is 0 Å². The molecule has 0 amide bonds. The highest BCUT2D eigenvalue weighted by atomic mass is 19.1. The second-order valence-corrected chi connectivity index (χ2v) is 9.13. The summed E-state index contributed by atoms with van der Waals surface area (Å²) < 4.78 is 21.7. The molecule has 1 saturated heterocycles. The van der Waals surface area contributed by atoms with Crippen molar-refractivity contribution >= 4 is 0 Å². The first-order chi connectivity index (χ1) is 17.7. The molecule has 1 atom stereocenters. The molecule has 2 aromatic carbocycles. The Kier molecular flexibility index (Phi) is 5.82. The van der Waals surface area contributed by atoms with Crippen molar-refractivity contribution in [2.75, 3.05) is 13.1 Å². The summed E-state index contributed by atoms with van der Waals surface area (Å²) in [7, 11) is 0. The van der Waals surface area contributed by atoms with Crippen molar-refractivity contribution in [3.63, 3.8) is 0 Å². The number of para-hydroxylation sites is 1. The molecule has 1 unspecified atom stereocenters. The van der Waals surface area contributed by atoms with Crippen molar-refractivity contribution < 1.29 is 8.91 Å². The second kappa shape index (κ2) is 9.43. The number of aromatic nitrogens is 6. The number of halogens is 1. The summed E-state index contributed by atoms with van der Waals surface area (Å²) in [6.07, 6.45) is 4.57. The summed E-state index contributed by atoms with van der Waals surface area (Å²) in [4.78, 5) is 11.2. The molecule has 0 N–H and O–H groups in total. The van der Waals surface area contributed by atoms with Crippen LogP contribution in [0.4, 0.5) is 4.39 Å². The molecule has 9 heteroatoms. The van der Waals surface area contributed by atoms with Gasteiger partial charge in [0.15, 0.2) is 5.69 Å². The van der Waals surface area contributed by atoms with Gasteiger partial charge in [-0.1, -0.05) is 53.7 Å². The summed E-state index contributed by atoms with van der Waals surface area (Å²) >= 11 is 0. The molecule has 0 radical (unpaired) electrons. The van der Waals surface area contributed by atoms with E-state index in [4.69, 9.17) is 4.52 Å². The van der Waals surface area contributed by atoms with Crippen LogP contribution in [0.15, 0.2) is 77.6 Å². The van der Waals surface area contributed by atoms with Crippen molar-refractivity contribution in [2.24, 2.45) is 5.92 Å². The highest BCUT2D eigenvalue weighted by Gasteiger charge is 2.24. The van der Waals surface area contributed by atoms with Crippen LogP contribution in [0.25, 0.3) is 39.9 Å². The zero-order valence-corrected chi connectivity index (χ0v) is 19.8. The van der Waals surface area contributed by atoms with Crippen molar-refractivity contribution in [1.82, 2.24) is 35.0 Å². The molecular formula is C27H24FN7O. The molecule has 5 aromatic rings. The van der Waals surface area contributed by atoms with Crippen molar-refractivity contribution in [1.29, 1.82) is 0 Å². The lowest BCUT2D eigenvalue weighted by Crippen LogP contribution is -2.19. The number of rotatable bonds is 6. The zero-order chi connectivity index (χ0) is 24.5. The van der Waals surface area contributed by atoms with Crippen LogP contribution in [-0.4, -0.2) is 48.1 Å². The van der Waals surface area contributed by atoms with E-state index >= 15 is 0 Å². The third kappa shape index (κ3) is 4.29. The SMILES string of the molecule is CC1CCN(Cc2ccc(-c3noc(-c4nnn(-c5ccccc5F)c4-c4ccncc4)n3)cc2)C1. The van der Waals surface area contributed by atoms with Gasteiger partial charge in [0, 0.05) is 36.6 Å². The van der Waals surface area contributed by atoms with Crippen LogP contribution in [0, 0.1) is 11.7 Å². The van der Waals surface area contributed by atoms with Gasteiger partial charge in [0.05, 0.1) is 0 Å². The normalized spacial score (nSPS) is 16.0. The fourth-order valence-electron chi connectivity index (χ4n) is 4.61. The predicted octanol–water partition coefficient (Wildman–Crippen LogP) is 5.03. The van der Waals surface area contributed by atoms with Gasteiger partial charge in [-0.3, -0.25) is 9.88 Å². The van der Waals surface area contributed by atoms with Crippen LogP contribution in [0.3, 0.4) is 0 Å². The molecule has 6 rings (SSSR count). The number of pyridine rings is 1. The summed E-state index contributed by atoms with van der Waals surface area (Å²) in [5, 5.41) is 12.7. The molecule has 3 aromatic heterocycles. The van der Waals surface area contributed by atoms with Gasteiger partial charge in [0.1, 0.15) is 17.2 Å². The molecule has 1 aliphatic rings. The van der Waals surface area contributed by atoms with Gasteiger partial charge in [-0.25, -0.2) is 9.07 Å². The molecule has 4 heterocycles. The maximum Gasteiger partial charge on any atom is 0.281 e. The Bertz CT molecular complexity index is 1480. The molecule has 36 heavy (non-hydrogen) atoms. The molecule has 8 nitrogen and oxygen atoms in total. The fourth-order valence-corrected chi connectivity index (χ4v) is 4.61.